The van der Waals surface area contributed by atoms with Gasteiger partial charge in [0.15, 0.2) is 0 Å². The number of nitrogens with zero attached hydrogens (tertiary/aromatic N) is 1. The zero-order chi connectivity index (χ0) is 21.1. The summed E-state index contributed by atoms with van der Waals surface area (Å²) in [5.74, 6) is 0. The summed E-state index contributed by atoms with van der Waals surface area (Å²) in [7, 11) is 6.81. The second kappa shape index (κ2) is 20.3. The fraction of sp³-hybridized carbons (Fsp3) is 1.00. The summed E-state index contributed by atoms with van der Waals surface area (Å²) < 4.78 is 17.6. The van der Waals surface area contributed by atoms with E-state index in [9.17, 15) is 0 Å². The van der Waals surface area contributed by atoms with Crippen LogP contribution in [0.3, 0.4) is 0 Å². The van der Waals surface area contributed by atoms with E-state index in [1.54, 1.807) is 21.3 Å². The third-order valence-electron chi connectivity index (χ3n) is 6.09. The molecule has 0 aromatic heterocycles. The first-order chi connectivity index (χ1) is 13.5. The van der Waals surface area contributed by atoms with Crippen LogP contribution >= 0.6 is 0 Å². The van der Waals surface area contributed by atoms with Crippen LogP contribution in [0.5, 0.6) is 0 Å². The first kappa shape index (κ1) is 31.5. The molecule has 0 spiro atoms. The van der Waals surface area contributed by atoms with Gasteiger partial charge in [0.25, 0.3) is 0 Å². The van der Waals surface area contributed by atoms with Crippen LogP contribution in [0.25, 0.3) is 0 Å². The molecule has 6 heteroatoms. The highest BCUT2D eigenvalue weighted by Gasteiger charge is 2.59. The highest BCUT2D eigenvalue weighted by atomic mass is 35.5. The molecule has 0 amide bonds. The predicted octanol–water partition coefficient (Wildman–Crippen LogP) is 3.70. The van der Waals surface area contributed by atoms with E-state index in [1.165, 1.54) is 103 Å². The van der Waals surface area contributed by atoms with Crippen LogP contribution in [0.1, 0.15) is 110 Å². The van der Waals surface area contributed by atoms with Crippen molar-refractivity contribution in [2.24, 2.45) is 0 Å². The Kier molecular flexibility index (Phi) is 22.0. The SMILES string of the molecule is CCCCCCCCCCCCCCCCCC[N+](C)(C)[Si](OC)(OC)OC.[Cl-]. The van der Waals surface area contributed by atoms with E-state index in [0.29, 0.717) is 4.15 Å². The molecule has 0 aromatic rings. The molecule has 4 nitrogen and oxygen atoms in total. The average molecular weight is 454 g/mol. The van der Waals surface area contributed by atoms with Crippen molar-refractivity contribution in [3.05, 3.63) is 0 Å². The normalized spacial score (nSPS) is 12.2. The van der Waals surface area contributed by atoms with E-state index >= 15 is 0 Å². The van der Waals surface area contributed by atoms with Crippen molar-refractivity contribution in [3.8, 4) is 0 Å². The van der Waals surface area contributed by atoms with Gasteiger partial charge in [-0.25, -0.2) is 0 Å². The van der Waals surface area contributed by atoms with Crippen molar-refractivity contribution >= 4 is 8.97 Å². The maximum Gasteiger partial charge on any atom is 0.783 e. The third-order valence-corrected chi connectivity index (χ3v) is 9.34. The van der Waals surface area contributed by atoms with E-state index < -0.39 is 8.97 Å². The monoisotopic (exact) mass is 453 g/mol. The first-order valence-corrected chi connectivity index (χ1v) is 13.7. The van der Waals surface area contributed by atoms with Crippen LogP contribution in [-0.4, -0.2) is 55.1 Å². The van der Waals surface area contributed by atoms with Gasteiger partial charge in [-0.1, -0.05) is 96.8 Å². The van der Waals surface area contributed by atoms with Crippen LogP contribution in [0.15, 0.2) is 0 Å². The lowest BCUT2D eigenvalue weighted by Gasteiger charge is -2.39. The second-order valence-corrected chi connectivity index (χ2v) is 12.3. The zero-order valence-corrected chi connectivity index (χ0v) is 22.3. The maximum atomic E-state index is 5.65. The topological polar surface area (TPSA) is 27.7 Å². The molecule has 0 bridgehead atoms. The summed E-state index contributed by atoms with van der Waals surface area (Å²) in [6.45, 7) is 3.33. The standard InChI is InChI=1S/C23H52NO3Si.ClH/c1-7-8-9-10-11-12-13-14-15-16-17-18-19-20-21-22-23-24(2,3)28(25-4,26-5)27-6;/h7-23H2,1-6H3;1H/q+1;/p-1. The van der Waals surface area contributed by atoms with Gasteiger partial charge >= 0.3 is 8.97 Å². The molecule has 0 aromatic carbocycles. The first-order valence-electron chi connectivity index (χ1n) is 12.0. The number of hydrogen-bond donors (Lipinski definition) is 0. The summed E-state index contributed by atoms with van der Waals surface area (Å²) in [4.78, 5) is 0. The highest BCUT2D eigenvalue weighted by Crippen LogP contribution is 2.20. The minimum Gasteiger partial charge on any atom is -1.00 e. The van der Waals surface area contributed by atoms with Gasteiger partial charge < -0.3 is 29.8 Å². The maximum absolute atomic E-state index is 5.65. The van der Waals surface area contributed by atoms with Crippen molar-refractivity contribution in [3.63, 3.8) is 0 Å². The largest absolute Gasteiger partial charge is 1.00 e. The molecule has 0 fully saturated rings. The Hall–Kier alpha value is 0.347. The number of rotatable bonds is 21. The Morgan fingerprint density at radius 2 is 0.793 bits per heavy atom. The second-order valence-electron chi connectivity index (χ2n) is 8.85. The zero-order valence-electron chi connectivity index (χ0n) is 20.6. The summed E-state index contributed by atoms with van der Waals surface area (Å²) >= 11 is 0. The highest BCUT2D eigenvalue weighted by molar-refractivity contribution is 6.52. The van der Waals surface area contributed by atoms with Gasteiger partial charge in [0.05, 0.1) is 20.6 Å². The number of halogens is 1. The number of quaternary nitrogens is 1. The molecule has 0 unspecified atom stereocenters. The summed E-state index contributed by atoms with van der Waals surface area (Å²) in [5, 5.41) is 0. The van der Waals surface area contributed by atoms with Crippen LogP contribution in [0, 0.1) is 0 Å². The quantitative estimate of drug-likeness (QED) is 0.196. The van der Waals surface area contributed by atoms with Crippen molar-refractivity contribution in [1.82, 2.24) is 0 Å². The summed E-state index contributed by atoms with van der Waals surface area (Å²) in [6.07, 6.45) is 22.4. The Morgan fingerprint density at radius 1 is 0.517 bits per heavy atom. The molecule has 0 aliphatic heterocycles. The third kappa shape index (κ3) is 14.1. The van der Waals surface area contributed by atoms with E-state index in [0.717, 1.165) is 6.54 Å². The van der Waals surface area contributed by atoms with Crippen molar-refractivity contribution in [1.29, 1.82) is 0 Å². The molecule has 0 saturated carbocycles. The van der Waals surface area contributed by atoms with Gasteiger partial charge in [-0.2, -0.15) is 0 Å². The fourth-order valence-electron chi connectivity index (χ4n) is 4.18. The predicted molar refractivity (Wildman–Crippen MR) is 123 cm³/mol. The van der Waals surface area contributed by atoms with Gasteiger partial charge in [0.1, 0.15) is 0 Å². The fourth-order valence-corrected chi connectivity index (χ4v) is 6.60. The molecule has 0 saturated heterocycles. The Balaban J connectivity index is 0. The van der Waals surface area contributed by atoms with Crippen molar-refractivity contribution in [2.45, 2.75) is 110 Å². The molecule has 0 N–H and O–H groups in total. The van der Waals surface area contributed by atoms with E-state index in [-0.39, 0.29) is 12.4 Å². The molecule has 0 heterocycles. The van der Waals surface area contributed by atoms with Crippen molar-refractivity contribution in [2.75, 3.05) is 42.0 Å². The molecule has 0 atom stereocenters. The lowest BCUT2D eigenvalue weighted by Crippen LogP contribution is -3.00. The Labute approximate surface area is 190 Å². The Morgan fingerprint density at radius 3 is 1.07 bits per heavy atom. The number of unbranched alkanes of at least 4 members (excludes halogenated alkanes) is 15. The molecule has 29 heavy (non-hydrogen) atoms. The van der Waals surface area contributed by atoms with Gasteiger partial charge in [-0.3, -0.25) is 0 Å². The number of hydrogen-bond acceptors (Lipinski definition) is 3. The van der Waals surface area contributed by atoms with Gasteiger partial charge in [0.2, 0.25) is 0 Å². The van der Waals surface area contributed by atoms with Crippen LogP contribution in [0.4, 0.5) is 0 Å². The minimum atomic E-state index is -2.62. The van der Waals surface area contributed by atoms with E-state index in [1.807, 2.05) is 0 Å². The summed E-state index contributed by atoms with van der Waals surface area (Å²) in [5.41, 5.74) is 0. The van der Waals surface area contributed by atoms with Gasteiger partial charge in [-0.05, 0) is 12.8 Å². The van der Waals surface area contributed by atoms with Crippen LogP contribution in [-0.2, 0) is 13.3 Å². The molecular formula is C23H52ClNO3Si. The molecular weight excluding hydrogens is 402 g/mol. The smallest absolute Gasteiger partial charge is 0.783 e. The molecule has 178 valence electrons. The minimum absolute atomic E-state index is 0. The molecule has 0 aliphatic rings. The van der Waals surface area contributed by atoms with Crippen LogP contribution < -0.4 is 12.4 Å². The lowest BCUT2D eigenvalue weighted by molar-refractivity contribution is -0.819. The molecule has 0 radical (unpaired) electrons. The van der Waals surface area contributed by atoms with Gasteiger partial charge in [0, 0.05) is 21.3 Å². The molecule has 0 aliphatic carbocycles. The van der Waals surface area contributed by atoms with E-state index in [2.05, 4.69) is 21.0 Å². The van der Waals surface area contributed by atoms with Crippen molar-refractivity contribution < 1.29 is 29.8 Å². The molecule has 0 rings (SSSR count). The average Bonchev–Trinajstić information content (AvgIpc) is 2.69. The lowest BCUT2D eigenvalue weighted by atomic mass is 10.0. The van der Waals surface area contributed by atoms with Crippen LogP contribution in [0.2, 0.25) is 0 Å². The van der Waals surface area contributed by atoms with Gasteiger partial charge in [-0.15, -0.1) is 0 Å². The van der Waals surface area contributed by atoms with E-state index in [4.69, 9.17) is 13.3 Å². The summed E-state index contributed by atoms with van der Waals surface area (Å²) in [6, 6.07) is 0. The Bertz CT molecular complexity index is 334.